The van der Waals surface area contributed by atoms with E-state index in [1.54, 1.807) is 0 Å². The second-order valence-electron chi connectivity index (χ2n) is 6.76. The monoisotopic (exact) mass is 321 g/mol. The highest BCUT2D eigenvalue weighted by Gasteiger charge is 2.17. The molecule has 3 nitrogen and oxygen atoms in total. The first-order chi connectivity index (χ1) is 11.6. The number of aryl methyl sites for hydroxylation is 3. The van der Waals surface area contributed by atoms with Crippen LogP contribution in [0.2, 0.25) is 0 Å². The van der Waals surface area contributed by atoms with E-state index >= 15 is 0 Å². The Bertz CT molecular complexity index is 675. The van der Waals surface area contributed by atoms with E-state index in [2.05, 4.69) is 60.0 Å². The quantitative estimate of drug-likeness (QED) is 0.799. The van der Waals surface area contributed by atoms with Gasteiger partial charge in [0.05, 0.1) is 6.21 Å². The van der Waals surface area contributed by atoms with Crippen LogP contribution in [0.15, 0.2) is 47.6 Å². The van der Waals surface area contributed by atoms with Gasteiger partial charge in [-0.05, 0) is 43.0 Å². The second kappa shape index (κ2) is 7.63. The number of hydrazone groups is 1. The third-order valence-corrected chi connectivity index (χ3v) is 4.74. The molecule has 0 aliphatic carbocycles. The zero-order valence-electron chi connectivity index (χ0n) is 15.0. The summed E-state index contributed by atoms with van der Waals surface area (Å²) in [4.78, 5) is 2.54. The average Bonchev–Trinajstić information content (AvgIpc) is 2.58. The van der Waals surface area contributed by atoms with Gasteiger partial charge in [0, 0.05) is 32.7 Å². The highest BCUT2D eigenvalue weighted by Crippen LogP contribution is 2.19. The van der Waals surface area contributed by atoms with Crippen molar-refractivity contribution in [3.8, 4) is 0 Å². The zero-order chi connectivity index (χ0) is 16.9. The number of benzene rings is 2. The maximum Gasteiger partial charge on any atom is 0.0542 e. The molecular weight excluding hydrogens is 294 g/mol. The lowest BCUT2D eigenvalue weighted by Gasteiger charge is -2.33. The van der Waals surface area contributed by atoms with Crippen molar-refractivity contribution >= 4 is 6.21 Å². The van der Waals surface area contributed by atoms with Gasteiger partial charge in [-0.1, -0.05) is 48.0 Å². The summed E-state index contributed by atoms with van der Waals surface area (Å²) >= 11 is 0. The molecule has 126 valence electrons. The molecule has 0 radical (unpaired) electrons. The van der Waals surface area contributed by atoms with Crippen LogP contribution >= 0.6 is 0 Å². The Hall–Kier alpha value is -2.13. The SMILES string of the molecule is Cc1cc(C)c(CN2CCN(/N=C/c3ccccc3)CC2)c(C)c1. The minimum Gasteiger partial charge on any atom is -0.295 e. The summed E-state index contributed by atoms with van der Waals surface area (Å²) in [6, 6.07) is 14.9. The largest absolute Gasteiger partial charge is 0.295 e. The molecule has 24 heavy (non-hydrogen) atoms. The fourth-order valence-corrected chi connectivity index (χ4v) is 3.38. The molecule has 0 spiro atoms. The molecule has 2 aromatic rings. The van der Waals surface area contributed by atoms with E-state index < -0.39 is 0 Å². The van der Waals surface area contributed by atoms with E-state index in [4.69, 9.17) is 0 Å². The van der Waals surface area contributed by atoms with Crippen molar-refractivity contribution in [3.05, 3.63) is 70.3 Å². The molecule has 0 N–H and O–H groups in total. The summed E-state index contributed by atoms with van der Waals surface area (Å²) in [7, 11) is 0. The minimum atomic E-state index is 0.993. The molecule has 3 rings (SSSR count). The Morgan fingerprint density at radius 2 is 1.54 bits per heavy atom. The van der Waals surface area contributed by atoms with Crippen LogP contribution in [0.1, 0.15) is 27.8 Å². The topological polar surface area (TPSA) is 18.8 Å². The van der Waals surface area contributed by atoms with Gasteiger partial charge in [0.1, 0.15) is 0 Å². The van der Waals surface area contributed by atoms with Gasteiger partial charge in [-0.25, -0.2) is 0 Å². The molecule has 0 amide bonds. The molecule has 0 aromatic heterocycles. The van der Waals surface area contributed by atoms with Gasteiger partial charge >= 0.3 is 0 Å². The first kappa shape index (κ1) is 16.7. The van der Waals surface area contributed by atoms with E-state index in [0.717, 1.165) is 38.3 Å². The Kier molecular flexibility index (Phi) is 5.31. The lowest BCUT2D eigenvalue weighted by molar-refractivity contribution is 0.131. The molecule has 1 aliphatic rings. The zero-order valence-corrected chi connectivity index (χ0v) is 15.0. The second-order valence-corrected chi connectivity index (χ2v) is 6.76. The first-order valence-corrected chi connectivity index (χ1v) is 8.75. The molecule has 0 saturated carbocycles. The van der Waals surface area contributed by atoms with E-state index in [9.17, 15) is 0 Å². The van der Waals surface area contributed by atoms with Gasteiger partial charge in [0.25, 0.3) is 0 Å². The Morgan fingerprint density at radius 1 is 0.917 bits per heavy atom. The van der Waals surface area contributed by atoms with Gasteiger partial charge in [-0.2, -0.15) is 5.10 Å². The van der Waals surface area contributed by atoms with Crippen LogP contribution < -0.4 is 0 Å². The molecular formula is C21H27N3. The van der Waals surface area contributed by atoms with Crippen LogP contribution in [0.3, 0.4) is 0 Å². The smallest absolute Gasteiger partial charge is 0.0542 e. The average molecular weight is 321 g/mol. The molecule has 3 heteroatoms. The molecule has 1 fully saturated rings. The van der Waals surface area contributed by atoms with Crippen LogP contribution in [0.4, 0.5) is 0 Å². The predicted octanol–water partition coefficient (Wildman–Crippen LogP) is 3.76. The standard InChI is InChI=1S/C21H27N3/c1-17-13-18(2)21(19(3)14-17)16-23-9-11-24(12-10-23)22-15-20-7-5-4-6-8-20/h4-8,13-15H,9-12,16H2,1-3H3/b22-15+. The van der Waals surface area contributed by atoms with Crippen LogP contribution in [-0.4, -0.2) is 42.3 Å². The summed E-state index contributed by atoms with van der Waals surface area (Å²) in [5.41, 5.74) is 6.83. The summed E-state index contributed by atoms with van der Waals surface area (Å²) in [6.07, 6.45) is 1.96. The molecule has 1 saturated heterocycles. The number of hydrogen-bond donors (Lipinski definition) is 0. The molecule has 1 heterocycles. The lowest BCUT2D eigenvalue weighted by atomic mass is 9.99. The van der Waals surface area contributed by atoms with Gasteiger partial charge in [0.2, 0.25) is 0 Å². The normalized spacial score (nSPS) is 16.0. The predicted molar refractivity (Wildman–Crippen MR) is 102 cm³/mol. The van der Waals surface area contributed by atoms with E-state index in [1.807, 2.05) is 24.4 Å². The molecule has 1 aliphatic heterocycles. The Labute approximate surface area is 145 Å². The van der Waals surface area contributed by atoms with Crippen LogP contribution in [0, 0.1) is 20.8 Å². The maximum atomic E-state index is 4.62. The van der Waals surface area contributed by atoms with Crippen molar-refractivity contribution in [3.63, 3.8) is 0 Å². The third kappa shape index (κ3) is 4.24. The van der Waals surface area contributed by atoms with Crippen molar-refractivity contribution in [2.24, 2.45) is 5.10 Å². The molecule has 0 atom stereocenters. The van der Waals surface area contributed by atoms with Crippen LogP contribution in [-0.2, 0) is 6.54 Å². The van der Waals surface area contributed by atoms with Crippen molar-refractivity contribution in [2.45, 2.75) is 27.3 Å². The van der Waals surface area contributed by atoms with Gasteiger partial charge < -0.3 is 0 Å². The van der Waals surface area contributed by atoms with Gasteiger partial charge in [0.15, 0.2) is 0 Å². The maximum absolute atomic E-state index is 4.62. The third-order valence-electron chi connectivity index (χ3n) is 4.74. The van der Waals surface area contributed by atoms with Crippen molar-refractivity contribution < 1.29 is 0 Å². The van der Waals surface area contributed by atoms with Crippen molar-refractivity contribution in [2.75, 3.05) is 26.2 Å². The Balaban J connectivity index is 1.55. The van der Waals surface area contributed by atoms with Crippen LogP contribution in [0.5, 0.6) is 0 Å². The summed E-state index contributed by atoms with van der Waals surface area (Å²) in [5, 5.41) is 6.80. The first-order valence-electron chi connectivity index (χ1n) is 8.75. The number of hydrogen-bond acceptors (Lipinski definition) is 3. The van der Waals surface area contributed by atoms with E-state index in [-0.39, 0.29) is 0 Å². The summed E-state index contributed by atoms with van der Waals surface area (Å²) < 4.78 is 0. The van der Waals surface area contributed by atoms with E-state index in [0.29, 0.717) is 0 Å². The highest BCUT2D eigenvalue weighted by molar-refractivity contribution is 5.79. The minimum absolute atomic E-state index is 0.993. The number of piperazine rings is 1. The van der Waals surface area contributed by atoms with Crippen molar-refractivity contribution in [1.82, 2.24) is 9.91 Å². The fraction of sp³-hybridized carbons (Fsp3) is 0.381. The molecule has 0 unspecified atom stereocenters. The summed E-state index contributed by atoms with van der Waals surface area (Å²) in [6.45, 7) is 11.8. The van der Waals surface area contributed by atoms with Gasteiger partial charge in [-0.15, -0.1) is 0 Å². The Morgan fingerprint density at radius 3 is 2.17 bits per heavy atom. The lowest BCUT2D eigenvalue weighted by Crippen LogP contribution is -2.43. The van der Waals surface area contributed by atoms with E-state index in [1.165, 1.54) is 22.3 Å². The number of nitrogens with zero attached hydrogens (tertiary/aromatic N) is 3. The molecule has 2 aromatic carbocycles. The summed E-state index contributed by atoms with van der Waals surface area (Å²) in [5.74, 6) is 0. The highest BCUT2D eigenvalue weighted by atomic mass is 15.5. The van der Waals surface area contributed by atoms with Gasteiger partial charge in [-0.3, -0.25) is 9.91 Å². The van der Waals surface area contributed by atoms with Crippen molar-refractivity contribution in [1.29, 1.82) is 0 Å². The fourth-order valence-electron chi connectivity index (χ4n) is 3.38. The van der Waals surface area contributed by atoms with Crippen LogP contribution in [0.25, 0.3) is 0 Å². The number of rotatable bonds is 4. The molecule has 0 bridgehead atoms.